The van der Waals surface area contributed by atoms with Gasteiger partial charge in [-0.05, 0) is 31.1 Å². The summed E-state index contributed by atoms with van der Waals surface area (Å²) in [7, 11) is 0. The van der Waals surface area contributed by atoms with E-state index in [-0.39, 0.29) is 5.56 Å². The van der Waals surface area contributed by atoms with Gasteiger partial charge in [0.1, 0.15) is 10.7 Å². The first-order chi connectivity index (χ1) is 10.7. The minimum absolute atomic E-state index is 0.00191. The van der Waals surface area contributed by atoms with E-state index in [4.69, 9.17) is 0 Å². The molecular formula is C13H12N4OS4. The predicted molar refractivity (Wildman–Crippen MR) is 93.5 cm³/mol. The van der Waals surface area contributed by atoms with Crippen LogP contribution in [0.1, 0.15) is 22.7 Å². The SMILES string of the molecule is CSc1nnc(SCc2nc3sc4c(c3c(=O)[nH]2)CCC4)s1. The van der Waals surface area contributed by atoms with Crippen molar-refractivity contribution in [2.24, 2.45) is 0 Å². The maximum Gasteiger partial charge on any atom is 0.259 e. The van der Waals surface area contributed by atoms with Gasteiger partial charge in [-0.15, -0.1) is 21.5 Å². The maximum atomic E-state index is 12.4. The van der Waals surface area contributed by atoms with Gasteiger partial charge in [0.25, 0.3) is 5.56 Å². The number of fused-ring (bicyclic) bond motifs is 3. The third-order valence-corrected chi connectivity index (χ3v) is 7.75. The zero-order chi connectivity index (χ0) is 15.1. The number of aromatic nitrogens is 4. The molecule has 3 heterocycles. The molecule has 5 nitrogen and oxygen atoms in total. The summed E-state index contributed by atoms with van der Waals surface area (Å²) in [5.74, 6) is 1.32. The first-order valence-electron chi connectivity index (χ1n) is 6.78. The number of nitrogens with zero attached hydrogens (tertiary/aromatic N) is 3. The molecule has 0 bridgehead atoms. The van der Waals surface area contributed by atoms with Gasteiger partial charge in [0, 0.05) is 4.88 Å². The highest BCUT2D eigenvalue weighted by molar-refractivity contribution is 8.02. The standard InChI is InChI=1S/C13H12N4OS4/c1-19-12-16-17-13(22-12)20-5-8-14-10(18)9-6-3-2-4-7(6)21-11(9)15-8/h2-5H2,1H3,(H,14,15,18). The van der Waals surface area contributed by atoms with Crippen molar-refractivity contribution in [3.05, 3.63) is 26.6 Å². The van der Waals surface area contributed by atoms with Crippen molar-refractivity contribution in [1.29, 1.82) is 0 Å². The summed E-state index contributed by atoms with van der Waals surface area (Å²) >= 11 is 6.39. The van der Waals surface area contributed by atoms with Crippen LogP contribution in [0.25, 0.3) is 10.2 Å². The molecule has 114 valence electrons. The first kappa shape index (κ1) is 14.7. The van der Waals surface area contributed by atoms with Gasteiger partial charge in [0.2, 0.25) is 0 Å². The van der Waals surface area contributed by atoms with Crippen LogP contribution in [-0.4, -0.2) is 26.4 Å². The van der Waals surface area contributed by atoms with Crippen LogP contribution in [-0.2, 0) is 18.6 Å². The van der Waals surface area contributed by atoms with Gasteiger partial charge in [-0.2, -0.15) is 0 Å². The largest absolute Gasteiger partial charge is 0.309 e. The molecule has 4 rings (SSSR count). The van der Waals surface area contributed by atoms with Crippen molar-refractivity contribution in [3.8, 4) is 0 Å². The van der Waals surface area contributed by atoms with E-state index in [1.54, 1.807) is 46.2 Å². The molecule has 0 fully saturated rings. The summed E-state index contributed by atoms with van der Waals surface area (Å²) in [6, 6.07) is 0. The number of rotatable bonds is 4. The van der Waals surface area contributed by atoms with Crippen LogP contribution in [0.15, 0.2) is 13.5 Å². The van der Waals surface area contributed by atoms with Gasteiger partial charge in [0.05, 0.1) is 11.1 Å². The molecule has 0 unspecified atom stereocenters. The lowest BCUT2D eigenvalue weighted by molar-refractivity contribution is 0.916. The number of H-pyrrole nitrogens is 1. The Kier molecular flexibility index (Phi) is 3.97. The van der Waals surface area contributed by atoms with E-state index < -0.39 is 0 Å². The molecule has 1 N–H and O–H groups in total. The molecule has 0 aromatic carbocycles. The predicted octanol–water partition coefficient (Wildman–Crippen LogP) is 3.34. The van der Waals surface area contributed by atoms with Crippen LogP contribution >= 0.6 is 46.2 Å². The lowest BCUT2D eigenvalue weighted by Crippen LogP contribution is -2.11. The molecule has 1 aliphatic rings. The van der Waals surface area contributed by atoms with Gasteiger partial charge in [0.15, 0.2) is 8.68 Å². The summed E-state index contributed by atoms with van der Waals surface area (Å²) < 4.78 is 1.86. The van der Waals surface area contributed by atoms with Crippen LogP contribution in [0.2, 0.25) is 0 Å². The van der Waals surface area contributed by atoms with Crippen molar-refractivity contribution in [2.45, 2.75) is 33.7 Å². The van der Waals surface area contributed by atoms with Crippen LogP contribution in [0, 0.1) is 0 Å². The molecule has 0 spiro atoms. The summed E-state index contributed by atoms with van der Waals surface area (Å²) in [6.07, 6.45) is 5.24. The highest BCUT2D eigenvalue weighted by Gasteiger charge is 2.21. The lowest BCUT2D eigenvalue weighted by atomic mass is 10.2. The molecule has 0 aliphatic heterocycles. The Balaban J connectivity index is 1.61. The Morgan fingerprint density at radius 2 is 2.09 bits per heavy atom. The number of thiophene rings is 1. The zero-order valence-corrected chi connectivity index (χ0v) is 15.0. The van der Waals surface area contributed by atoms with E-state index in [0.717, 1.165) is 38.2 Å². The van der Waals surface area contributed by atoms with E-state index in [1.165, 1.54) is 10.4 Å². The molecule has 3 aromatic rings. The van der Waals surface area contributed by atoms with Crippen molar-refractivity contribution in [2.75, 3.05) is 6.26 Å². The minimum Gasteiger partial charge on any atom is -0.309 e. The maximum absolute atomic E-state index is 12.4. The third-order valence-electron chi connectivity index (χ3n) is 3.52. The Bertz CT molecular complexity index is 897. The molecule has 0 amide bonds. The monoisotopic (exact) mass is 368 g/mol. The lowest BCUT2D eigenvalue weighted by Gasteiger charge is -1.99. The number of aromatic amines is 1. The number of hydrogen-bond acceptors (Lipinski definition) is 8. The Labute approximate surface area is 143 Å². The molecule has 0 atom stereocenters. The molecule has 22 heavy (non-hydrogen) atoms. The molecule has 0 saturated heterocycles. The van der Waals surface area contributed by atoms with Crippen molar-refractivity contribution >= 4 is 56.4 Å². The van der Waals surface area contributed by atoms with Crippen LogP contribution < -0.4 is 5.56 Å². The van der Waals surface area contributed by atoms with E-state index in [9.17, 15) is 4.79 Å². The van der Waals surface area contributed by atoms with Crippen LogP contribution in [0.3, 0.4) is 0 Å². The number of aryl methyl sites for hydroxylation is 2. The van der Waals surface area contributed by atoms with E-state index in [1.807, 2.05) is 6.26 Å². The summed E-state index contributed by atoms with van der Waals surface area (Å²) in [6.45, 7) is 0. The smallest absolute Gasteiger partial charge is 0.259 e. The molecular weight excluding hydrogens is 356 g/mol. The van der Waals surface area contributed by atoms with Crippen LogP contribution in [0.4, 0.5) is 0 Å². The quantitative estimate of drug-likeness (QED) is 0.712. The summed E-state index contributed by atoms with van der Waals surface area (Å²) in [4.78, 5) is 22.1. The fourth-order valence-electron chi connectivity index (χ4n) is 2.58. The van der Waals surface area contributed by atoms with Gasteiger partial charge >= 0.3 is 0 Å². The van der Waals surface area contributed by atoms with Gasteiger partial charge in [-0.25, -0.2) is 4.98 Å². The van der Waals surface area contributed by atoms with Gasteiger partial charge in [-0.3, -0.25) is 4.79 Å². The van der Waals surface area contributed by atoms with Crippen molar-refractivity contribution in [1.82, 2.24) is 20.2 Å². The van der Waals surface area contributed by atoms with E-state index in [0.29, 0.717) is 11.6 Å². The fourth-order valence-corrected chi connectivity index (χ4v) is 6.17. The van der Waals surface area contributed by atoms with Crippen molar-refractivity contribution < 1.29 is 0 Å². The normalized spacial score (nSPS) is 13.9. The number of thioether (sulfide) groups is 2. The van der Waals surface area contributed by atoms with E-state index in [2.05, 4.69) is 20.2 Å². The van der Waals surface area contributed by atoms with Crippen LogP contribution in [0.5, 0.6) is 0 Å². The highest BCUT2D eigenvalue weighted by atomic mass is 32.2. The van der Waals surface area contributed by atoms with Crippen molar-refractivity contribution in [3.63, 3.8) is 0 Å². The second-order valence-corrected chi connectivity index (χ2v) is 9.21. The first-order valence-corrected chi connectivity index (χ1v) is 10.6. The Hall–Kier alpha value is -0.900. The van der Waals surface area contributed by atoms with Gasteiger partial charge in [-0.1, -0.05) is 34.9 Å². The topological polar surface area (TPSA) is 71.5 Å². The molecule has 9 heteroatoms. The summed E-state index contributed by atoms with van der Waals surface area (Å²) in [5.41, 5.74) is 1.23. The Morgan fingerprint density at radius 1 is 1.23 bits per heavy atom. The average molecular weight is 369 g/mol. The molecule has 0 saturated carbocycles. The molecule has 0 radical (unpaired) electrons. The summed E-state index contributed by atoms with van der Waals surface area (Å²) in [5, 5.41) is 9.00. The number of nitrogens with one attached hydrogen (secondary N) is 1. The second-order valence-electron chi connectivity index (χ2n) is 4.88. The zero-order valence-electron chi connectivity index (χ0n) is 11.7. The number of hydrogen-bond donors (Lipinski definition) is 1. The minimum atomic E-state index is 0.00191. The third kappa shape index (κ3) is 2.60. The molecule has 1 aliphatic carbocycles. The van der Waals surface area contributed by atoms with Gasteiger partial charge < -0.3 is 4.98 Å². The molecule has 3 aromatic heterocycles. The Morgan fingerprint density at radius 3 is 2.91 bits per heavy atom. The average Bonchev–Trinajstić information content (AvgIpc) is 3.19. The second kappa shape index (κ2) is 5.95. The van der Waals surface area contributed by atoms with E-state index >= 15 is 0 Å². The fraction of sp³-hybridized carbons (Fsp3) is 0.385. The highest BCUT2D eigenvalue weighted by Crippen LogP contribution is 2.35.